The van der Waals surface area contributed by atoms with Crippen LogP contribution in [0.5, 0.6) is 0 Å². The molecule has 0 atom stereocenters. The maximum absolute atomic E-state index is 11.0. The van der Waals surface area contributed by atoms with Gasteiger partial charge in [-0.1, -0.05) is 24.3 Å². The number of rotatable bonds is 3. The summed E-state index contributed by atoms with van der Waals surface area (Å²) in [6.07, 6.45) is 0. The Labute approximate surface area is 168 Å². The molecule has 0 amide bonds. The minimum Gasteiger partial charge on any atom is -0.478 e. The fraction of sp³-hybridized carbons (Fsp3) is 0.150. The molecule has 2 aromatic carbocycles. The summed E-state index contributed by atoms with van der Waals surface area (Å²) in [5.41, 5.74) is 3.70. The molecule has 4 rings (SSSR count). The Balaban J connectivity index is 1.68. The summed E-state index contributed by atoms with van der Waals surface area (Å²) in [6, 6.07) is 12.8. The summed E-state index contributed by atoms with van der Waals surface area (Å²) in [7, 11) is 0. The zero-order valence-corrected chi connectivity index (χ0v) is 17.1. The van der Waals surface area contributed by atoms with E-state index in [2.05, 4.69) is 41.2 Å². The van der Waals surface area contributed by atoms with Crippen LogP contribution in [0.15, 0.2) is 57.3 Å². The lowest BCUT2D eigenvalue weighted by Gasteiger charge is -2.30. The molecule has 5 nitrogen and oxygen atoms in total. The number of aromatic nitrogens is 1. The second-order valence-corrected chi connectivity index (χ2v) is 8.44. The maximum Gasteiger partial charge on any atom is 0.335 e. The van der Waals surface area contributed by atoms with Gasteiger partial charge in [0, 0.05) is 21.0 Å². The molecule has 3 aromatic rings. The van der Waals surface area contributed by atoms with Crippen molar-refractivity contribution in [3.8, 4) is 11.3 Å². The molecule has 0 saturated heterocycles. The largest absolute Gasteiger partial charge is 0.478 e. The Bertz CT molecular complexity index is 1070. The number of aromatic carboxylic acids is 1. The third kappa shape index (κ3) is 3.28. The molecule has 0 unspecified atom stereocenters. The first kappa shape index (κ1) is 17.9. The van der Waals surface area contributed by atoms with Crippen LogP contribution in [-0.2, 0) is 5.54 Å². The lowest BCUT2D eigenvalue weighted by Crippen LogP contribution is -2.29. The summed E-state index contributed by atoms with van der Waals surface area (Å²) < 4.78 is 0.988. The minimum absolute atomic E-state index is 0.260. The molecule has 2 heterocycles. The quantitative estimate of drug-likeness (QED) is 0.571. The molecule has 1 aliphatic heterocycles. The smallest absolute Gasteiger partial charge is 0.335 e. The van der Waals surface area contributed by atoms with Crippen molar-refractivity contribution >= 4 is 44.8 Å². The van der Waals surface area contributed by atoms with Gasteiger partial charge in [0.15, 0.2) is 10.8 Å². The van der Waals surface area contributed by atoms with Crippen molar-refractivity contribution in [3.05, 3.63) is 68.5 Å². The highest BCUT2D eigenvalue weighted by atomic mass is 79.9. The molecule has 0 spiro atoms. The van der Waals surface area contributed by atoms with Crippen LogP contribution in [-0.4, -0.2) is 21.9 Å². The molecular formula is C20H16BrN3O2S. The number of hydrogen-bond donors (Lipinski definition) is 2. The average Bonchev–Trinajstić information content (AvgIpc) is 3.12. The first-order valence-corrected chi connectivity index (χ1v) is 9.98. The summed E-state index contributed by atoms with van der Waals surface area (Å²) >= 11 is 5.12. The predicted octanol–water partition coefficient (Wildman–Crippen LogP) is 5.38. The SMILES string of the molecule is CC1(C)N=C(c2nc(-c3ccc(C(=O)O)cc3)cs2)Nc2c(Br)cccc21. The number of carbonyl (C=O) groups is 1. The number of nitrogens with zero attached hydrogens (tertiary/aromatic N) is 2. The molecule has 27 heavy (non-hydrogen) atoms. The molecule has 2 N–H and O–H groups in total. The van der Waals surface area contributed by atoms with Crippen LogP contribution in [0.4, 0.5) is 5.69 Å². The van der Waals surface area contributed by atoms with Gasteiger partial charge in [-0.05, 0) is 48.0 Å². The molecule has 1 aromatic heterocycles. The third-order valence-corrected chi connectivity index (χ3v) is 5.95. The lowest BCUT2D eigenvalue weighted by molar-refractivity contribution is 0.0697. The number of thiazole rings is 1. The van der Waals surface area contributed by atoms with Crippen LogP contribution >= 0.6 is 27.3 Å². The normalized spacial score (nSPS) is 14.9. The monoisotopic (exact) mass is 441 g/mol. The molecule has 0 radical (unpaired) electrons. The standard InChI is InChI=1S/C20H16BrN3O2S/c1-20(2)13-4-3-5-14(21)16(13)23-17(24-20)18-22-15(10-27-18)11-6-8-12(9-7-11)19(25)26/h3-10H,1-2H3,(H,23,24)(H,25,26). The number of halogens is 1. The van der Waals surface area contributed by atoms with Crippen LogP contribution in [0.25, 0.3) is 11.3 Å². The number of anilines is 1. The number of carboxylic acids is 1. The second kappa shape index (κ2) is 6.58. The molecule has 136 valence electrons. The lowest BCUT2D eigenvalue weighted by atomic mass is 9.92. The highest BCUT2D eigenvalue weighted by molar-refractivity contribution is 9.10. The Morgan fingerprint density at radius 1 is 1.19 bits per heavy atom. The number of amidine groups is 1. The number of hydrogen-bond acceptors (Lipinski definition) is 5. The van der Waals surface area contributed by atoms with Gasteiger partial charge >= 0.3 is 5.97 Å². The predicted molar refractivity (Wildman–Crippen MR) is 112 cm³/mol. The van der Waals surface area contributed by atoms with Gasteiger partial charge in [-0.2, -0.15) is 0 Å². The number of nitrogens with one attached hydrogen (secondary N) is 1. The number of benzene rings is 2. The molecule has 1 aliphatic rings. The molecule has 7 heteroatoms. The Morgan fingerprint density at radius 2 is 1.93 bits per heavy atom. The van der Waals surface area contributed by atoms with Crippen LogP contribution in [0.2, 0.25) is 0 Å². The van der Waals surface area contributed by atoms with Gasteiger partial charge in [0.05, 0.1) is 22.5 Å². The topological polar surface area (TPSA) is 74.6 Å². The van der Waals surface area contributed by atoms with E-state index >= 15 is 0 Å². The fourth-order valence-electron chi connectivity index (χ4n) is 3.05. The van der Waals surface area contributed by atoms with Crippen molar-refractivity contribution in [2.45, 2.75) is 19.4 Å². The third-order valence-electron chi connectivity index (χ3n) is 4.44. The first-order chi connectivity index (χ1) is 12.8. The molecule has 0 fully saturated rings. The van der Waals surface area contributed by atoms with Crippen molar-refractivity contribution < 1.29 is 9.90 Å². The molecular weight excluding hydrogens is 426 g/mol. The van der Waals surface area contributed by atoms with E-state index in [0.717, 1.165) is 37.8 Å². The minimum atomic E-state index is -0.937. The summed E-state index contributed by atoms with van der Waals surface area (Å²) in [6.45, 7) is 4.16. The average molecular weight is 442 g/mol. The highest BCUT2D eigenvalue weighted by Crippen LogP contribution is 2.40. The van der Waals surface area contributed by atoms with Crippen molar-refractivity contribution in [2.75, 3.05) is 5.32 Å². The van der Waals surface area contributed by atoms with Gasteiger partial charge in [-0.15, -0.1) is 11.3 Å². The molecule has 0 aliphatic carbocycles. The van der Waals surface area contributed by atoms with Gasteiger partial charge in [0.1, 0.15) is 0 Å². The van der Waals surface area contributed by atoms with Gasteiger partial charge in [-0.3, -0.25) is 4.99 Å². The van der Waals surface area contributed by atoms with E-state index in [-0.39, 0.29) is 11.1 Å². The van der Waals surface area contributed by atoms with Crippen LogP contribution in [0, 0.1) is 0 Å². The van der Waals surface area contributed by atoms with Gasteiger partial charge in [-0.25, -0.2) is 9.78 Å². The van der Waals surface area contributed by atoms with E-state index in [4.69, 9.17) is 15.1 Å². The van der Waals surface area contributed by atoms with Crippen LogP contribution < -0.4 is 5.32 Å². The van der Waals surface area contributed by atoms with E-state index in [1.165, 1.54) is 11.3 Å². The molecule has 0 bridgehead atoms. The number of carboxylic acid groups (broad SMARTS) is 1. The number of aliphatic imine (C=N–C) groups is 1. The summed E-state index contributed by atoms with van der Waals surface area (Å²) in [4.78, 5) is 20.6. The maximum atomic E-state index is 11.0. The van der Waals surface area contributed by atoms with Crippen LogP contribution in [0.3, 0.4) is 0 Å². The Morgan fingerprint density at radius 3 is 2.63 bits per heavy atom. The van der Waals surface area contributed by atoms with Crippen molar-refractivity contribution in [1.82, 2.24) is 4.98 Å². The fourth-order valence-corrected chi connectivity index (χ4v) is 4.28. The Kier molecular flexibility index (Phi) is 4.36. The summed E-state index contributed by atoms with van der Waals surface area (Å²) in [5, 5.41) is 15.2. The number of fused-ring (bicyclic) bond motifs is 1. The van der Waals surface area contributed by atoms with Gasteiger partial charge in [0.2, 0.25) is 0 Å². The van der Waals surface area contributed by atoms with Crippen LogP contribution in [0.1, 0.15) is 34.8 Å². The highest BCUT2D eigenvalue weighted by Gasteiger charge is 2.30. The number of para-hydroxylation sites is 1. The zero-order chi connectivity index (χ0) is 19.2. The zero-order valence-electron chi connectivity index (χ0n) is 14.7. The first-order valence-electron chi connectivity index (χ1n) is 8.31. The van der Waals surface area contributed by atoms with Crippen molar-refractivity contribution in [3.63, 3.8) is 0 Å². The molecule has 0 saturated carbocycles. The Hall–Kier alpha value is -2.51. The van der Waals surface area contributed by atoms with E-state index < -0.39 is 5.97 Å². The van der Waals surface area contributed by atoms with Crippen molar-refractivity contribution in [1.29, 1.82) is 0 Å². The van der Waals surface area contributed by atoms with E-state index in [9.17, 15) is 4.79 Å². The van der Waals surface area contributed by atoms with E-state index in [1.807, 2.05) is 17.5 Å². The van der Waals surface area contributed by atoms with Gasteiger partial charge in [0.25, 0.3) is 0 Å². The van der Waals surface area contributed by atoms with E-state index in [0.29, 0.717) is 0 Å². The van der Waals surface area contributed by atoms with E-state index in [1.54, 1.807) is 24.3 Å². The van der Waals surface area contributed by atoms with Crippen molar-refractivity contribution in [2.24, 2.45) is 4.99 Å². The summed E-state index contributed by atoms with van der Waals surface area (Å²) in [5.74, 6) is -0.203. The van der Waals surface area contributed by atoms with Gasteiger partial charge < -0.3 is 10.4 Å². The second-order valence-electron chi connectivity index (χ2n) is 6.73.